The molecule has 5 heterocycles. The second-order valence-corrected chi connectivity index (χ2v) is 9.41. The van der Waals surface area contributed by atoms with E-state index in [4.69, 9.17) is 5.73 Å². The number of pyridine rings is 2. The zero-order chi connectivity index (χ0) is 26.8. The number of nitrogens with one attached hydrogen (secondary N) is 2. The molecule has 1 atom stereocenters. The molecule has 0 spiro atoms. The number of hydrogen-bond acceptors (Lipinski definition) is 8. The summed E-state index contributed by atoms with van der Waals surface area (Å²) >= 11 is 0. The Bertz CT molecular complexity index is 1540. The summed E-state index contributed by atoms with van der Waals surface area (Å²) in [5.41, 5.74) is 8.45. The van der Waals surface area contributed by atoms with Gasteiger partial charge < -0.3 is 25.8 Å². The van der Waals surface area contributed by atoms with Gasteiger partial charge in [-0.3, -0.25) is 9.59 Å². The number of primary amides is 1. The molecule has 0 radical (unpaired) electrons. The van der Waals surface area contributed by atoms with Crippen LogP contribution in [0.5, 0.6) is 0 Å². The van der Waals surface area contributed by atoms with Crippen LogP contribution in [0.25, 0.3) is 22.6 Å². The minimum absolute atomic E-state index is 0.0968. The molecule has 6 rings (SSSR count). The topological polar surface area (TPSA) is 145 Å². The minimum atomic E-state index is -0.587. The molecule has 0 saturated carbocycles. The molecule has 4 N–H and O–H groups in total. The van der Waals surface area contributed by atoms with Crippen LogP contribution >= 0.6 is 0 Å². The molecule has 2 aliphatic rings. The maximum absolute atomic E-state index is 13.4. The summed E-state index contributed by atoms with van der Waals surface area (Å²) in [7, 11) is 0. The van der Waals surface area contributed by atoms with E-state index in [1.54, 1.807) is 18.3 Å². The molecule has 0 bridgehead atoms. The van der Waals surface area contributed by atoms with E-state index in [9.17, 15) is 9.59 Å². The van der Waals surface area contributed by atoms with Crippen molar-refractivity contribution in [3.8, 4) is 11.5 Å². The maximum atomic E-state index is 13.4. The number of H-pyrrole nitrogens is 1. The summed E-state index contributed by atoms with van der Waals surface area (Å²) in [5.74, 6) is 0.566. The van der Waals surface area contributed by atoms with Crippen molar-refractivity contribution in [2.45, 2.75) is 25.2 Å². The Hall–Kier alpha value is -5.06. The van der Waals surface area contributed by atoms with Gasteiger partial charge in [0.1, 0.15) is 22.9 Å². The number of carbonyl (C=O) groups is 2. The van der Waals surface area contributed by atoms with Gasteiger partial charge in [0, 0.05) is 31.5 Å². The Morgan fingerprint density at radius 3 is 2.56 bits per heavy atom. The number of benzene rings is 1. The van der Waals surface area contributed by atoms with E-state index in [0.717, 1.165) is 23.9 Å². The lowest BCUT2D eigenvalue weighted by Crippen LogP contribution is -2.51. The number of amides is 2. The van der Waals surface area contributed by atoms with Gasteiger partial charge in [0.2, 0.25) is 0 Å². The predicted molar refractivity (Wildman–Crippen MR) is 148 cm³/mol. The van der Waals surface area contributed by atoms with Crippen LogP contribution in [-0.2, 0) is 4.79 Å². The first kappa shape index (κ1) is 24.3. The van der Waals surface area contributed by atoms with Gasteiger partial charge in [0.05, 0.1) is 11.0 Å². The number of piperidine rings is 1. The molecule has 2 aliphatic heterocycles. The summed E-state index contributed by atoms with van der Waals surface area (Å²) in [5, 5.41) is 3.27. The fourth-order valence-electron chi connectivity index (χ4n) is 4.92. The fraction of sp³-hybridized carbons (Fsp3) is 0.214. The summed E-state index contributed by atoms with van der Waals surface area (Å²) in [6.07, 6.45) is 6.06. The highest BCUT2D eigenvalue weighted by Crippen LogP contribution is 2.25. The van der Waals surface area contributed by atoms with Crippen molar-refractivity contribution >= 4 is 34.4 Å². The number of imidazole rings is 1. The monoisotopic (exact) mass is 521 g/mol. The van der Waals surface area contributed by atoms with Crippen LogP contribution in [0.1, 0.15) is 23.3 Å². The smallest absolute Gasteiger partial charge is 0.272 e. The number of carbonyl (C=O) groups excluding carboxylic acids is 2. The van der Waals surface area contributed by atoms with Crippen LogP contribution in [0.4, 0.5) is 5.82 Å². The Morgan fingerprint density at radius 1 is 0.974 bits per heavy atom. The number of para-hydroxylation sites is 2. The van der Waals surface area contributed by atoms with Crippen molar-refractivity contribution in [1.82, 2.24) is 29.7 Å². The van der Waals surface area contributed by atoms with E-state index < -0.39 is 12.2 Å². The minimum Gasteiger partial charge on any atom is -0.364 e. The first-order valence-electron chi connectivity index (χ1n) is 12.8. The number of aromatic amines is 1. The average Bonchev–Trinajstić information content (AvgIpc) is 3.42. The zero-order valence-corrected chi connectivity index (χ0v) is 21.1. The van der Waals surface area contributed by atoms with Crippen molar-refractivity contribution in [2.75, 3.05) is 18.4 Å². The number of nitrogens with two attached hydrogens (primary N) is 1. The van der Waals surface area contributed by atoms with Gasteiger partial charge in [-0.15, -0.1) is 0 Å². The molecule has 196 valence electrons. The number of anilines is 1. The normalized spacial score (nSPS) is 17.7. The lowest BCUT2D eigenvalue weighted by atomic mass is 10.0. The summed E-state index contributed by atoms with van der Waals surface area (Å²) in [6, 6.07) is 18.8. The molecule has 39 heavy (non-hydrogen) atoms. The summed E-state index contributed by atoms with van der Waals surface area (Å²) in [4.78, 5) is 50.4. The summed E-state index contributed by atoms with van der Waals surface area (Å²) < 4.78 is 0. The molecule has 1 aromatic carbocycles. The average molecular weight is 522 g/mol. The number of nitrogens with zero attached hydrogens (tertiary/aromatic N) is 6. The van der Waals surface area contributed by atoms with Gasteiger partial charge in [-0.05, 0) is 55.3 Å². The van der Waals surface area contributed by atoms with E-state index in [2.05, 4.69) is 35.1 Å². The van der Waals surface area contributed by atoms with E-state index >= 15 is 0 Å². The standard InChI is InChI=1S/C28H27N9O2/c29-25(38)21-13-17-37(28(34-21)35-24-10-3-4-14-30-24)18-11-15-36(16-12-18)27(39)23-9-5-8-22(31-23)26-32-19-6-1-2-7-20(19)33-26/h1-10,13-14,17-18,28H,11-12,15-16H2,(H2,29,38)(H,30,35)(H,32,33). The highest BCUT2D eigenvalue weighted by atomic mass is 16.2. The number of hydrogen-bond donors (Lipinski definition) is 3. The number of fused-ring (bicyclic) bond motifs is 1. The number of aromatic nitrogens is 4. The van der Waals surface area contributed by atoms with Gasteiger partial charge >= 0.3 is 0 Å². The third kappa shape index (κ3) is 5.06. The second-order valence-electron chi connectivity index (χ2n) is 9.41. The van der Waals surface area contributed by atoms with E-state index in [-0.39, 0.29) is 17.7 Å². The number of aliphatic imine (C=N–C) groups is 1. The Labute approximate surface area is 224 Å². The molecule has 1 saturated heterocycles. The van der Waals surface area contributed by atoms with Crippen molar-refractivity contribution < 1.29 is 9.59 Å². The van der Waals surface area contributed by atoms with Crippen LogP contribution in [0, 0.1) is 0 Å². The molecule has 4 aromatic rings. The maximum Gasteiger partial charge on any atom is 0.272 e. The zero-order valence-electron chi connectivity index (χ0n) is 21.1. The van der Waals surface area contributed by atoms with Crippen molar-refractivity contribution in [1.29, 1.82) is 0 Å². The predicted octanol–water partition coefficient (Wildman–Crippen LogP) is 2.78. The third-order valence-corrected chi connectivity index (χ3v) is 6.92. The molecular formula is C28H27N9O2. The van der Waals surface area contributed by atoms with Crippen LogP contribution in [0.2, 0.25) is 0 Å². The Kier molecular flexibility index (Phi) is 6.45. The highest BCUT2D eigenvalue weighted by molar-refractivity contribution is 6.43. The van der Waals surface area contributed by atoms with E-state index in [1.165, 1.54) is 0 Å². The molecule has 0 aliphatic carbocycles. The van der Waals surface area contributed by atoms with Gasteiger partial charge in [-0.1, -0.05) is 24.3 Å². The number of rotatable bonds is 6. The van der Waals surface area contributed by atoms with Crippen LogP contribution < -0.4 is 11.1 Å². The first-order valence-corrected chi connectivity index (χ1v) is 12.8. The van der Waals surface area contributed by atoms with Crippen molar-refractivity contribution in [3.05, 3.63) is 84.8 Å². The molecule has 3 aromatic heterocycles. The highest BCUT2D eigenvalue weighted by Gasteiger charge is 2.32. The molecule has 2 amide bonds. The largest absolute Gasteiger partial charge is 0.364 e. The van der Waals surface area contributed by atoms with Gasteiger partial charge in [0.25, 0.3) is 11.8 Å². The van der Waals surface area contributed by atoms with E-state index in [1.807, 2.05) is 65.7 Å². The molecule has 1 fully saturated rings. The lowest BCUT2D eigenvalue weighted by molar-refractivity contribution is -0.112. The Balaban J connectivity index is 1.14. The van der Waals surface area contributed by atoms with Crippen LogP contribution in [-0.4, -0.2) is 72.7 Å². The Morgan fingerprint density at radius 2 is 1.79 bits per heavy atom. The van der Waals surface area contributed by atoms with Crippen LogP contribution in [0.15, 0.2) is 84.1 Å². The molecular weight excluding hydrogens is 494 g/mol. The molecule has 11 nitrogen and oxygen atoms in total. The van der Waals surface area contributed by atoms with Crippen LogP contribution in [0.3, 0.4) is 0 Å². The van der Waals surface area contributed by atoms with Crippen molar-refractivity contribution in [3.63, 3.8) is 0 Å². The SMILES string of the molecule is NC(=O)C1=NC(Nc2ccccn2)N(C2CCN(C(=O)c3cccc(-c4nc5ccccc5[nH]4)n3)CC2)C=C1. The van der Waals surface area contributed by atoms with Gasteiger partial charge in [0.15, 0.2) is 12.1 Å². The number of likely N-dealkylation sites (tertiary alicyclic amines) is 1. The van der Waals surface area contributed by atoms with E-state index in [0.29, 0.717) is 36.1 Å². The lowest BCUT2D eigenvalue weighted by Gasteiger charge is -2.41. The van der Waals surface area contributed by atoms with Gasteiger partial charge in [-0.25, -0.2) is 19.9 Å². The quantitative estimate of drug-likeness (QED) is 0.354. The van der Waals surface area contributed by atoms with Crippen molar-refractivity contribution in [2.24, 2.45) is 10.7 Å². The fourth-order valence-corrected chi connectivity index (χ4v) is 4.92. The first-order chi connectivity index (χ1) is 19.0. The second kappa shape index (κ2) is 10.4. The molecule has 11 heteroatoms. The van der Waals surface area contributed by atoms with Gasteiger partial charge in [-0.2, -0.15) is 0 Å². The summed E-state index contributed by atoms with van der Waals surface area (Å²) in [6.45, 7) is 1.13. The third-order valence-electron chi connectivity index (χ3n) is 6.92. The molecule has 1 unspecified atom stereocenters.